The minimum Gasteiger partial charge on any atom is -0.459 e. The number of benzene rings is 2. The zero-order chi connectivity index (χ0) is 18.5. The molecule has 7 heteroatoms. The van der Waals surface area contributed by atoms with Crippen LogP contribution in [0, 0.1) is 0 Å². The van der Waals surface area contributed by atoms with E-state index in [4.69, 9.17) is 4.74 Å². The quantitative estimate of drug-likeness (QED) is 0.778. The molecule has 2 rings (SSSR count). The zero-order valence-electron chi connectivity index (χ0n) is 14.4. The molecule has 0 radical (unpaired) electrons. The fourth-order valence-electron chi connectivity index (χ4n) is 1.93. The maximum atomic E-state index is 12.2. The summed E-state index contributed by atoms with van der Waals surface area (Å²) in [4.78, 5) is 13.7. The van der Waals surface area contributed by atoms with E-state index < -0.39 is 28.1 Å². The van der Waals surface area contributed by atoms with E-state index in [2.05, 4.69) is 4.72 Å². The molecule has 0 fully saturated rings. The van der Waals surface area contributed by atoms with Crippen LogP contribution in [0.2, 0.25) is 0 Å². The van der Waals surface area contributed by atoms with E-state index >= 15 is 0 Å². The molecule has 0 amide bonds. The molecule has 0 saturated carbocycles. The topological polar surface area (TPSA) is 72.5 Å². The van der Waals surface area contributed by atoms with E-state index in [0.717, 1.165) is 9.79 Å². The van der Waals surface area contributed by atoms with Crippen LogP contribution in [0.4, 0.5) is 0 Å². The van der Waals surface area contributed by atoms with Crippen LogP contribution in [-0.2, 0) is 19.6 Å². The number of nitrogens with one attached hydrogen (secondary N) is 1. The molecule has 0 atom stereocenters. The first-order chi connectivity index (χ1) is 11.7. The standard InChI is InChI=1S/C18H21NO4S2/c1-18(2,3)23-17(20)13-19-25(21,22)16-11-9-15(10-12-16)24-14-7-5-4-6-8-14/h4-12,19H,13H2,1-3H3. The average molecular weight is 380 g/mol. The summed E-state index contributed by atoms with van der Waals surface area (Å²) in [5.41, 5.74) is -0.654. The van der Waals surface area contributed by atoms with Gasteiger partial charge in [-0.05, 0) is 57.2 Å². The monoisotopic (exact) mass is 379 g/mol. The van der Waals surface area contributed by atoms with E-state index in [9.17, 15) is 13.2 Å². The molecule has 25 heavy (non-hydrogen) atoms. The Morgan fingerprint density at radius 1 is 1.00 bits per heavy atom. The number of carbonyl (C=O) groups is 1. The number of esters is 1. The molecule has 0 bridgehead atoms. The van der Waals surface area contributed by atoms with Crippen molar-refractivity contribution in [3.63, 3.8) is 0 Å². The maximum absolute atomic E-state index is 12.2. The Balaban J connectivity index is 1.99. The summed E-state index contributed by atoms with van der Waals surface area (Å²) in [5, 5.41) is 0. The predicted octanol–water partition coefficient (Wildman–Crippen LogP) is 3.46. The van der Waals surface area contributed by atoms with Crippen LogP contribution in [0.15, 0.2) is 69.3 Å². The van der Waals surface area contributed by atoms with Crippen molar-refractivity contribution in [3.05, 3.63) is 54.6 Å². The van der Waals surface area contributed by atoms with Crippen molar-refractivity contribution in [2.24, 2.45) is 0 Å². The van der Waals surface area contributed by atoms with E-state index in [-0.39, 0.29) is 4.90 Å². The lowest BCUT2D eigenvalue weighted by Crippen LogP contribution is -2.34. The van der Waals surface area contributed by atoms with Crippen LogP contribution in [0.5, 0.6) is 0 Å². The van der Waals surface area contributed by atoms with Gasteiger partial charge in [0.25, 0.3) is 0 Å². The van der Waals surface area contributed by atoms with Gasteiger partial charge < -0.3 is 4.74 Å². The second-order valence-corrected chi connectivity index (χ2v) is 9.21. The Morgan fingerprint density at radius 2 is 1.56 bits per heavy atom. The summed E-state index contributed by atoms with van der Waals surface area (Å²) in [6.45, 7) is 4.77. The van der Waals surface area contributed by atoms with Crippen LogP contribution < -0.4 is 4.72 Å². The second-order valence-electron chi connectivity index (χ2n) is 6.30. The summed E-state index contributed by atoms with van der Waals surface area (Å²) in [7, 11) is -3.76. The highest BCUT2D eigenvalue weighted by atomic mass is 32.2. The Hall–Kier alpha value is -1.83. The first-order valence-electron chi connectivity index (χ1n) is 7.70. The van der Waals surface area contributed by atoms with E-state index in [0.29, 0.717) is 0 Å². The summed E-state index contributed by atoms with van der Waals surface area (Å²) < 4.78 is 31.8. The minimum absolute atomic E-state index is 0.105. The van der Waals surface area contributed by atoms with Crippen LogP contribution in [0.25, 0.3) is 0 Å². The van der Waals surface area contributed by atoms with Crippen molar-refractivity contribution in [2.75, 3.05) is 6.54 Å². The molecule has 1 N–H and O–H groups in total. The molecule has 0 aromatic heterocycles. The van der Waals surface area contributed by atoms with Gasteiger partial charge in [0.15, 0.2) is 0 Å². The van der Waals surface area contributed by atoms with Crippen molar-refractivity contribution in [3.8, 4) is 0 Å². The number of ether oxygens (including phenoxy) is 1. The number of sulfonamides is 1. The fraction of sp³-hybridized carbons (Fsp3) is 0.278. The first kappa shape index (κ1) is 19.5. The fourth-order valence-corrected chi connectivity index (χ4v) is 3.73. The number of carbonyl (C=O) groups excluding carboxylic acids is 1. The number of hydrogen-bond acceptors (Lipinski definition) is 5. The van der Waals surface area contributed by atoms with Crippen LogP contribution in [-0.4, -0.2) is 26.5 Å². The molecule has 0 heterocycles. The smallest absolute Gasteiger partial charge is 0.321 e. The Morgan fingerprint density at radius 3 is 2.12 bits per heavy atom. The molecule has 0 aliphatic heterocycles. The molecule has 2 aromatic rings. The van der Waals surface area contributed by atoms with E-state index in [1.807, 2.05) is 30.3 Å². The third-order valence-corrected chi connectivity index (χ3v) is 5.37. The SMILES string of the molecule is CC(C)(C)OC(=O)CNS(=O)(=O)c1ccc(Sc2ccccc2)cc1. The summed E-state index contributed by atoms with van der Waals surface area (Å²) in [6, 6.07) is 16.3. The molecular formula is C18H21NO4S2. The molecular weight excluding hydrogens is 358 g/mol. The number of rotatable bonds is 6. The van der Waals surface area contributed by atoms with Crippen molar-refractivity contribution in [1.82, 2.24) is 4.72 Å². The van der Waals surface area contributed by atoms with Crippen molar-refractivity contribution in [2.45, 2.75) is 41.1 Å². The lowest BCUT2D eigenvalue weighted by molar-refractivity contribution is -0.153. The van der Waals surface area contributed by atoms with Crippen LogP contribution in [0.1, 0.15) is 20.8 Å². The number of hydrogen-bond donors (Lipinski definition) is 1. The first-order valence-corrected chi connectivity index (χ1v) is 10.0. The van der Waals surface area contributed by atoms with E-state index in [1.54, 1.807) is 44.7 Å². The van der Waals surface area contributed by atoms with Crippen molar-refractivity contribution >= 4 is 27.8 Å². The average Bonchev–Trinajstić information content (AvgIpc) is 2.53. The summed E-state index contributed by atoms with van der Waals surface area (Å²) in [5.74, 6) is -0.618. The van der Waals surface area contributed by atoms with Gasteiger partial charge in [0.2, 0.25) is 10.0 Å². The third-order valence-electron chi connectivity index (χ3n) is 2.94. The van der Waals surface area contributed by atoms with Gasteiger partial charge in [-0.1, -0.05) is 30.0 Å². The highest BCUT2D eigenvalue weighted by molar-refractivity contribution is 7.99. The van der Waals surface area contributed by atoms with Gasteiger partial charge in [-0.3, -0.25) is 4.79 Å². The van der Waals surface area contributed by atoms with Gasteiger partial charge in [-0.25, -0.2) is 8.42 Å². The Bertz CT molecular complexity index is 810. The lowest BCUT2D eigenvalue weighted by Gasteiger charge is -2.19. The largest absolute Gasteiger partial charge is 0.459 e. The van der Waals surface area contributed by atoms with Gasteiger partial charge in [0.05, 0.1) is 4.90 Å². The molecule has 0 aliphatic carbocycles. The Kier molecular flexibility index (Phi) is 6.26. The lowest BCUT2D eigenvalue weighted by atomic mass is 10.2. The van der Waals surface area contributed by atoms with Crippen LogP contribution in [0.3, 0.4) is 0 Å². The summed E-state index contributed by atoms with van der Waals surface area (Å²) >= 11 is 1.54. The predicted molar refractivity (Wildman–Crippen MR) is 98.0 cm³/mol. The molecule has 134 valence electrons. The van der Waals surface area contributed by atoms with Gasteiger partial charge in [0.1, 0.15) is 12.1 Å². The van der Waals surface area contributed by atoms with Gasteiger partial charge in [0, 0.05) is 9.79 Å². The highest BCUT2D eigenvalue weighted by Gasteiger charge is 2.20. The van der Waals surface area contributed by atoms with Crippen molar-refractivity contribution < 1.29 is 17.9 Å². The van der Waals surface area contributed by atoms with Gasteiger partial charge in [-0.15, -0.1) is 0 Å². The molecule has 5 nitrogen and oxygen atoms in total. The highest BCUT2D eigenvalue weighted by Crippen LogP contribution is 2.27. The van der Waals surface area contributed by atoms with Crippen LogP contribution >= 0.6 is 11.8 Å². The molecule has 0 spiro atoms. The van der Waals surface area contributed by atoms with Gasteiger partial charge >= 0.3 is 5.97 Å². The third kappa shape index (κ3) is 6.53. The molecule has 0 aliphatic rings. The Labute approximate surface area is 152 Å². The molecule has 2 aromatic carbocycles. The van der Waals surface area contributed by atoms with Gasteiger partial charge in [-0.2, -0.15) is 4.72 Å². The minimum atomic E-state index is -3.76. The molecule has 0 unspecified atom stereocenters. The van der Waals surface area contributed by atoms with E-state index in [1.165, 1.54) is 12.1 Å². The van der Waals surface area contributed by atoms with Crippen molar-refractivity contribution in [1.29, 1.82) is 0 Å². The summed E-state index contributed by atoms with van der Waals surface area (Å²) in [6.07, 6.45) is 0. The zero-order valence-corrected chi connectivity index (χ0v) is 16.0. The maximum Gasteiger partial charge on any atom is 0.321 e. The normalized spacial score (nSPS) is 12.0. The molecule has 0 saturated heterocycles. The second kappa shape index (κ2) is 8.03.